The van der Waals surface area contributed by atoms with Crippen LogP contribution in [-0.4, -0.2) is 16.7 Å². The summed E-state index contributed by atoms with van der Waals surface area (Å²) in [6.07, 6.45) is 5.56. The summed E-state index contributed by atoms with van der Waals surface area (Å²) in [4.78, 5) is 27.2. The first-order valence-electron chi connectivity index (χ1n) is 8.04. The Balaban J connectivity index is 1.46. The van der Waals surface area contributed by atoms with Crippen molar-refractivity contribution in [3.05, 3.63) is 46.0 Å². The second-order valence-electron chi connectivity index (χ2n) is 7.17. The van der Waals surface area contributed by atoms with Gasteiger partial charge in [-0.25, -0.2) is 0 Å². The summed E-state index contributed by atoms with van der Waals surface area (Å²) in [5.74, 6) is 1.52. The number of hydrogen-bond acceptors (Lipinski definition) is 2. The van der Waals surface area contributed by atoms with Crippen LogP contribution in [0.5, 0.6) is 0 Å². The first kappa shape index (κ1) is 14.1. The van der Waals surface area contributed by atoms with Crippen LogP contribution >= 0.6 is 23.2 Å². The third kappa shape index (κ3) is 1.84. The van der Waals surface area contributed by atoms with E-state index in [1.807, 2.05) is 6.07 Å². The van der Waals surface area contributed by atoms with Crippen molar-refractivity contribution in [1.29, 1.82) is 0 Å². The molecule has 2 amide bonds. The Labute approximate surface area is 144 Å². The fourth-order valence-corrected chi connectivity index (χ4v) is 5.32. The van der Waals surface area contributed by atoms with E-state index in [2.05, 4.69) is 12.2 Å². The van der Waals surface area contributed by atoms with E-state index >= 15 is 0 Å². The Hall–Kier alpha value is -1.32. The molecule has 1 saturated heterocycles. The summed E-state index contributed by atoms with van der Waals surface area (Å²) < 4.78 is 0. The number of imide groups is 1. The molecule has 2 bridgehead atoms. The lowest BCUT2D eigenvalue weighted by Gasteiger charge is -2.37. The van der Waals surface area contributed by atoms with Gasteiger partial charge in [-0.2, -0.15) is 0 Å². The number of benzene rings is 1. The monoisotopic (exact) mass is 347 g/mol. The van der Waals surface area contributed by atoms with E-state index in [4.69, 9.17) is 23.2 Å². The van der Waals surface area contributed by atoms with Gasteiger partial charge in [0.25, 0.3) is 0 Å². The van der Waals surface area contributed by atoms with Gasteiger partial charge in [0, 0.05) is 0 Å². The molecule has 3 nitrogen and oxygen atoms in total. The van der Waals surface area contributed by atoms with Gasteiger partial charge < -0.3 is 0 Å². The van der Waals surface area contributed by atoms with E-state index in [1.54, 1.807) is 12.1 Å². The van der Waals surface area contributed by atoms with Gasteiger partial charge in [-0.1, -0.05) is 41.4 Å². The highest BCUT2D eigenvalue weighted by Crippen LogP contribution is 2.65. The highest BCUT2D eigenvalue weighted by Gasteiger charge is 2.66. The van der Waals surface area contributed by atoms with Crippen molar-refractivity contribution in [3.63, 3.8) is 0 Å². The van der Waals surface area contributed by atoms with E-state index in [0.29, 0.717) is 21.9 Å². The highest BCUT2D eigenvalue weighted by atomic mass is 35.5. The molecule has 1 aliphatic heterocycles. The summed E-state index contributed by atoms with van der Waals surface area (Å²) in [7, 11) is 0. The summed E-state index contributed by atoms with van der Waals surface area (Å²) in [5.41, 5.74) is 0.838. The average molecular weight is 348 g/mol. The maximum absolute atomic E-state index is 12.9. The van der Waals surface area contributed by atoms with Gasteiger partial charge in [-0.3, -0.25) is 14.5 Å². The predicted molar refractivity (Wildman–Crippen MR) is 86.7 cm³/mol. The SMILES string of the molecule is O=C1[C@@H]2[C@H]3C=C[C@@H]([C@@H]4C[C@@H]34)[C@@H]2C(=O)N1Cc1ccc(Cl)c(Cl)c1. The van der Waals surface area contributed by atoms with Crippen molar-refractivity contribution in [2.24, 2.45) is 35.5 Å². The average Bonchev–Trinajstić information content (AvgIpc) is 3.32. The van der Waals surface area contributed by atoms with E-state index in [-0.39, 0.29) is 42.0 Å². The van der Waals surface area contributed by atoms with Crippen LogP contribution in [0.2, 0.25) is 10.0 Å². The van der Waals surface area contributed by atoms with Gasteiger partial charge in [-0.15, -0.1) is 0 Å². The zero-order valence-corrected chi connectivity index (χ0v) is 13.8. The van der Waals surface area contributed by atoms with Crippen LogP contribution in [0.4, 0.5) is 0 Å². The Morgan fingerprint density at radius 2 is 1.57 bits per heavy atom. The van der Waals surface area contributed by atoms with Crippen molar-refractivity contribution in [2.45, 2.75) is 13.0 Å². The zero-order valence-electron chi connectivity index (χ0n) is 12.3. The van der Waals surface area contributed by atoms with Gasteiger partial charge in [0.2, 0.25) is 11.8 Å². The molecule has 6 atom stereocenters. The fourth-order valence-electron chi connectivity index (χ4n) is 5.00. The smallest absolute Gasteiger partial charge is 0.234 e. The minimum atomic E-state index is -0.135. The first-order chi connectivity index (χ1) is 11.1. The minimum Gasteiger partial charge on any atom is -0.278 e. The fraction of sp³-hybridized carbons (Fsp3) is 0.444. The molecule has 118 valence electrons. The number of carbonyl (C=O) groups is 2. The summed E-state index contributed by atoms with van der Waals surface area (Å²) in [6, 6.07) is 5.26. The maximum Gasteiger partial charge on any atom is 0.234 e. The van der Waals surface area contributed by atoms with Crippen molar-refractivity contribution >= 4 is 35.0 Å². The molecule has 23 heavy (non-hydrogen) atoms. The van der Waals surface area contributed by atoms with Crippen molar-refractivity contribution < 1.29 is 9.59 Å². The number of amides is 2. The van der Waals surface area contributed by atoms with E-state index < -0.39 is 0 Å². The van der Waals surface area contributed by atoms with Crippen LogP contribution in [0.1, 0.15) is 12.0 Å². The molecule has 5 aliphatic rings. The lowest BCUT2D eigenvalue weighted by atomic mass is 9.63. The summed E-state index contributed by atoms with van der Waals surface area (Å²) in [6.45, 7) is 0.288. The lowest BCUT2D eigenvalue weighted by Crippen LogP contribution is -2.40. The third-order valence-corrected chi connectivity index (χ3v) is 6.82. The topological polar surface area (TPSA) is 37.4 Å². The Bertz CT molecular complexity index is 738. The molecule has 6 rings (SSSR count). The molecule has 0 spiro atoms. The molecule has 2 saturated carbocycles. The van der Waals surface area contributed by atoms with Crippen molar-refractivity contribution in [1.82, 2.24) is 4.90 Å². The Kier molecular flexibility index (Phi) is 2.82. The van der Waals surface area contributed by atoms with Crippen LogP contribution in [-0.2, 0) is 16.1 Å². The molecular formula is C18H15Cl2NO2. The highest BCUT2D eigenvalue weighted by molar-refractivity contribution is 6.42. The van der Waals surface area contributed by atoms with Crippen molar-refractivity contribution in [2.75, 3.05) is 0 Å². The second kappa shape index (κ2) is 4.61. The second-order valence-corrected chi connectivity index (χ2v) is 7.98. The number of halogens is 2. The van der Waals surface area contributed by atoms with E-state index in [9.17, 15) is 9.59 Å². The predicted octanol–water partition coefficient (Wildman–Crippen LogP) is 3.55. The minimum absolute atomic E-state index is 0.00391. The molecule has 0 N–H and O–H groups in total. The van der Waals surface area contributed by atoms with E-state index in [0.717, 1.165) is 5.56 Å². The summed E-state index contributed by atoms with van der Waals surface area (Å²) >= 11 is 12.0. The van der Waals surface area contributed by atoms with Gasteiger partial charge >= 0.3 is 0 Å². The van der Waals surface area contributed by atoms with Gasteiger partial charge in [0.05, 0.1) is 28.4 Å². The van der Waals surface area contributed by atoms with E-state index in [1.165, 1.54) is 11.3 Å². The standard InChI is InChI=1S/C18H15Cl2NO2/c19-13-4-1-8(5-14(13)20)7-21-17(22)15-9-2-3-10(12-6-11(9)12)16(15)18(21)23/h1-5,9-12,15-16H,6-7H2/t9-,10-,11-,12-,15-,16+/m0/s1. The quantitative estimate of drug-likeness (QED) is 0.606. The summed E-state index contributed by atoms with van der Waals surface area (Å²) in [5, 5.41) is 0.925. The van der Waals surface area contributed by atoms with Crippen LogP contribution < -0.4 is 0 Å². The molecule has 1 heterocycles. The molecule has 4 aliphatic carbocycles. The number of rotatable bonds is 2. The molecule has 3 fully saturated rings. The largest absolute Gasteiger partial charge is 0.278 e. The van der Waals surface area contributed by atoms with Crippen molar-refractivity contribution in [3.8, 4) is 0 Å². The molecule has 1 aromatic carbocycles. The molecule has 0 aromatic heterocycles. The number of hydrogen-bond donors (Lipinski definition) is 0. The normalized spacial score (nSPS) is 39.7. The number of nitrogens with zero attached hydrogens (tertiary/aromatic N) is 1. The molecule has 0 unspecified atom stereocenters. The van der Waals surface area contributed by atoms with Crippen LogP contribution in [0.3, 0.4) is 0 Å². The maximum atomic E-state index is 12.9. The molecule has 5 heteroatoms. The zero-order chi connectivity index (χ0) is 15.9. The molecule has 0 radical (unpaired) electrons. The number of likely N-dealkylation sites (tertiary alicyclic amines) is 1. The van der Waals surface area contributed by atoms with Gasteiger partial charge in [0.1, 0.15) is 0 Å². The van der Waals surface area contributed by atoms with Crippen LogP contribution in [0.25, 0.3) is 0 Å². The number of allylic oxidation sites excluding steroid dienone is 2. The Morgan fingerprint density at radius 1 is 0.957 bits per heavy atom. The van der Waals surface area contributed by atoms with Crippen LogP contribution in [0, 0.1) is 35.5 Å². The first-order valence-corrected chi connectivity index (χ1v) is 8.79. The molecular weight excluding hydrogens is 333 g/mol. The Morgan fingerprint density at radius 3 is 2.13 bits per heavy atom. The van der Waals surface area contributed by atoms with Gasteiger partial charge in [-0.05, 0) is 47.8 Å². The third-order valence-electron chi connectivity index (χ3n) is 6.08. The van der Waals surface area contributed by atoms with Gasteiger partial charge in [0.15, 0.2) is 0 Å². The van der Waals surface area contributed by atoms with Crippen LogP contribution in [0.15, 0.2) is 30.4 Å². The molecule has 1 aromatic rings. The lowest BCUT2D eigenvalue weighted by molar-refractivity contribution is -0.140. The number of carbonyl (C=O) groups excluding carboxylic acids is 2.